The highest BCUT2D eigenvalue weighted by molar-refractivity contribution is 5.90. The third-order valence-electron chi connectivity index (χ3n) is 3.63. The van der Waals surface area contributed by atoms with Crippen molar-refractivity contribution in [1.29, 1.82) is 5.26 Å². The van der Waals surface area contributed by atoms with E-state index in [1.54, 1.807) is 30.3 Å². The van der Waals surface area contributed by atoms with Crippen LogP contribution in [0.3, 0.4) is 0 Å². The van der Waals surface area contributed by atoms with Crippen molar-refractivity contribution < 1.29 is 9.53 Å². The number of carbonyl (C=O) groups is 1. The van der Waals surface area contributed by atoms with E-state index in [4.69, 9.17) is 10.00 Å². The minimum absolute atomic E-state index is 0.125. The minimum Gasteiger partial charge on any atom is -0.484 e. The van der Waals surface area contributed by atoms with E-state index in [1.165, 1.54) is 0 Å². The molecule has 134 valence electrons. The lowest BCUT2D eigenvalue weighted by Gasteiger charge is -2.08. The van der Waals surface area contributed by atoms with E-state index in [1.807, 2.05) is 37.3 Å². The lowest BCUT2D eigenvalue weighted by Crippen LogP contribution is -2.21. The van der Waals surface area contributed by atoms with E-state index in [2.05, 4.69) is 26.9 Å². The maximum atomic E-state index is 12.0. The molecular formula is C20H17N5O2. The van der Waals surface area contributed by atoms with Gasteiger partial charge < -0.3 is 15.4 Å². The summed E-state index contributed by atoms with van der Waals surface area (Å²) in [6, 6.07) is 19.9. The predicted molar refractivity (Wildman–Crippen MR) is 102 cm³/mol. The van der Waals surface area contributed by atoms with E-state index < -0.39 is 0 Å². The zero-order valence-electron chi connectivity index (χ0n) is 14.6. The third kappa shape index (κ3) is 5.03. The first-order valence-corrected chi connectivity index (χ1v) is 8.23. The van der Waals surface area contributed by atoms with Crippen LogP contribution < -0.4 is 15.4 Å². The van der Waals surface area contributed by atoms with Crippen molar-refractivity contribution in [3.05, 3.63) is 71.8 Å². The van der Waals surface area contributed by atoms with Crippen LogP contribution in [0.1, 0.15) is 11.1 Å². The second-order valence-corrected chi connectivity index (χ2v) is 5.74. The number of carbonyl (C=O) groups excluding carboxylic acids is 1. The SMILES string of the molecule is Cc1ccc(OCC(=O)Nc2ccc(Nc3ccccc3C#N)nn2)cc1. The molecule has 1 amide bonds. The van der Waals surface area contributed by atoms with Crippen molar-refractivity contribution in [3.8, 4) is 11.8 Å². The minimum atomic E-state index is -0.333. The number of nitriles is 1. The molecule has 0 aliphatic rings. The number of nitrogens with zero attached hydrogens (tertiary/aromatic N) is 3. The van der Waals surface area contributed by atoms with Crippen LogP contribution in [0, 0.1) is 18.3 Å². The van der Waals surface area contributed by atoms with Gasteiger partial charge in [0.05, 0.1) is 11.3 Å². The van der Waals surface area contributed by atoms with E-state index in [0.29, 0.717) is 28.6 Å². The van der Waals surface area contributed by atoms with E-state index in [0.717, 1.165) is 5.56 Å². The lowest BCUT2D eigenvalue weighted by atomic mass is 10.2. The molecule has 3 aromatic rings. The molecule has 0 aliphatic heterocycles. The summed E-state index contributed by atoms with van der Waals surface area (Å²) in [5.74, 6) is 1.07. The Balaban J connectivity index is 1.55. The molecule has 0 spiro atoms. The summed E-state index contributed by atoms with van der Waals surface area (Å²) in [4.78, 5) is 12.0. The molecule has 2 aromatic carbocycles. The van der Waals surface area contributed by atoms with Gasteiger partial charge in [0.1, 0.15) is 11.8 Å². The van der Waals surface area contributed by atoms with Gasteiger partial charge in [-0.1, -0.05) is 29.8 Å². The van der Waals surface area contributed by atoms with Crippen molar-refractivity contribution in [1.82, 2.24) is 10.2 Å². The van der Waals surface area contributed by atoms with Crippen LogP contribution in [0.2, 0.25) is 0 Å². The number of aromatic nitrogens is 2. The second-order valence-electron chi connectivity index (χ2n) is 5.74. The van der Waals surface area contributed by atoms with Gasteiger partial charge >= 0.3 is 0 Å². The molecule has 0 unspecified atom stereocenters. The average molecular weight is 359 g/mol. The van der Waals surface area contributed by atoms with E-state index in [9.17, 15) is 4.79 Å². The molecule has 1 aromatic heterocycles. The molecule has 2 N–H and O–H groups in total. The first-order valence-electron chi connectivity index (χ1n) is 8.23. The largest absolute Gasteiger partial charge is 0.484 e. The molecule has 27 heavy (non-hydrogen) atoms. The van der Waals surface area contributed by atoms with Crippen LogP contribution in [-0.2, 0) is 4.79 Å². The smallest absolute Gasteiger partial charge is 0.263 e. The van der Waals surface area contributed by atoms with Crippen molar-refractivity contribution in [2.24, 2.45) is 0 Å². The molecule has 0 radical (unpaired) electrons. The number of anilines is 3. The van der Waals surface area contributed by atoms with E-state index in [-0.39, 0.29) is 12.5 Å². The molecule has 0 saturated heterocycles. The van der Waals surface area contributed by atoms with Gasteiger partial charge in [-0.25, -0.2) is 0 Å². The molecule has 0 aliphatic carbocycles. The number of hydrogen-bond acceptors (Lipinski definition) is 6. The van der Waals surface area contributed by atoms with Crippen LogP contribution in [0.25, 0.3) is 0 Å². The fourth-order valence-corrected chi connectivity index (χ4v) is 2.26. The number of ether oxygens (including phenoxy) is 1. The Morgan fingerprint density at radius 1 is 1.04 bits per heavy atom. The monoisotopic (exact) mass is 359 g/mol. The summed E-state index contributed by atoms with van der Waals surface area (Å²) in [5.41, 5.74) is 2.26. The van der Waals surface area contributed by atoms with Crippen LogP contribution >= 0.6 is 0 Å². The summed E-state index contributed by atoms with van der Waals surface area (Å²) < 4.78 is 5.42. The molecule has 0 atom stereocenters. The van der Waals surface area contributed by atoms with Crippen molar-refractivity contribution in [2.45, 2.75) is 6.92 Å². The van der Waals surface area contributed by atoms with Crippen molar-refractivity contribution in [3.63, 3.8) is 0 Å². The van der Waals surface area contributed by atoms with Gasteiger partial charge in [0, 0.05) is 0 Å². The highest BCUT2D eigenvalue weighted by atomic mass is 16.5. The number of amides is 1. The van der Waals surface area contributed by atoms with Gasteiger partial charge in [-0.3, -0.25) is 4.79 Å². The molecule has 3 rings (SSSR count). The number of rotatable bonds is 6. The van der Waals surface area contributed by atoms with Crippen molar-refractivity contribution in [2.75, 3.05) is 17.2 Å². The third-order valence-corrected chi connectivity index (χ3v) is 3.63. The molecule has 0 saturated carbocycles. The first-order chi connectivity index (χ1) is 13.1. The molecule has 7 heteroatoms. The Morgan fingerprint density at radius 2 is 1.74 bits per heavy atom. The van der Waals surface area contributed by atoms with Crippen LogP contribution in [0.15, 0.2) is 60.7 Å². The molecule has 0 fully saturated rings. The van der Waals surface area contributed by atoms with Gasteiger partial charge in [0.15, 0.2) is 18.2 Å². The summed E-state index contributed by atoms with van der Waals surface area (Å²) >= 11 is 0. The first kappa shape index (κ1) is 17.9. The van der Waals surface area contributed by atoms with Gasteiger partial charge in [0.2, 0.25) is 0 Å². The summed E-state index contributed by atoms with van der Waals surface area (Å²) in [5, 5.41) is 22.7. The standard InChI is InChI=1S/C20H17N5O2/c1-14-6-8-16(9-7-14)27-13-20(26)23-19-11-10-18(24-25-19)22-17-5-3-2-4-15(17)12-21/h2-11H,13H2,1H3,(H,22,24)(H,23,25,26). The fraction of sp³-hybridized carbons (Fsp3) is 0.100. The Labute approximate surface area is 156 Å². The van der Waals surface area contributed by atoms with E-state index >= 15 is 0 Å². The van der Waals surface area contributed by atoms with Gasteiger partial charge in [-0.15, -0.1) is 10.2 Å². The Bertz CT molecular complexity index is 963. The highest BCUT2D eigenvalue weighted by Gasteiger charge is 2.07. The Morgan fingerprint density at radius 3 is 2.44 bits per heavy atom. The number of para-hydroxylation sites is 1. The zero-order chi connectivity index (χ0) is 19.1. The van der Waals surface area contributed by atoms with Gasteiger partial charge in [-0.05, 0) is 43.3 Å². The second kappa shape index (κ2) is 8.45. The topological polar surface area (TPSA) is 99.9 Å². The normalized spacial score (nSPS) is 9.93. The zero-order valence-corrected chi connectivity index (χ0v) is 14.6. The predicted octanol–water partition coefficient (Wildman–Crippen LogP) is 3.42. The number of benzene rings is 2. The maximum absolute atomic E-state index is 12.0. The molecule has 1 heterocycles. The summed E-state index contributed by atoms with van der Waals surface area (Å²) in [7, 11) is 0. The van der Waals surface area contributed by atoms with Gasteiger partial charge in [-0.2, -0.15) is 5.26 Å². The Kier molecular flexibility index (Phi) is 5.60. The highest BCUT2D eigenvalue weighted by Crippen LogP contribution is 2.18. The van der Waals surface area contributed by atoms with Crippen LogP contribution in [0.5, 0.6) is 5.75 Å². The van der Waals surface area contributed by atoms with Crippen LogP contribution in [0.4, 0.5) is 17.3 Å². The summed E-state index contributed by atoms with van der Waals surface area (Å²) in [6.45, 7) is 1.85. The average Bonchev–Trinajstić information content (AvgIpc) is 2.69. The Hall–Kier alpha value is -3.92. The number of aryl methyl sites for hydroxylation is 1. The molecule has 0 bridgehead atoms. The number of nitrogens with one attached hydrogen (secondary N) is 2. The van der Waals surface area contributed by atoms with Crippen molar-refractivity contribution >= 4 is 23.2 Å². The maximum Gasteiger partial charge on any atom is 0.263 e. The number of hydrogen-bond donors (Lipinski definition) is 2. The quantitative estimate of drug-likeness (QED) is 0.699. The fourth-order valence-electron chi connectivity index (χ4n) is 2.26. The van der Waals surface area contributed by atoms with Crippen LogP contribution in [-0.4, -0.2) is 22.7 Å². The summed E-state index contributed by atoms with van der Waals surface area (Å²) in [6.07, 6.45) is 0. The molecular weight excluding hydrogens is 342 g/mol. The lowest BCUT2D eigenvalue weighted by molar-refractivity contribution is -0.118. The molecule has 7 nitrogen and oxygen atoms in total. The van der Waals surface area contributed by atoms with Gasteiger partial charge in [0.25, 0.3) is 5.91 Å².